The van der Waals surface area contributed by atoms with Gasteiger partial charge in [0.1, 0.15) is 10.3 Å². The molecule has 2 amide bonds. The molecule has 4 aromatic carbocycles. The number of nitrogens with one attached hydrogen (secondary N) is 2. The van der Waals surface area contributed by atoms with Gasteiger partial charge in [-0.25, -0.2) is 14.4 Å². The summed E-state index contributed by atoms with van der Waals surface area (Å²) >= 11 is 2.65. The lowest BCUT2D eigenvalue weighted by molar-refractivity contribution is -0.115. The number of carboxylic acids is 2. The molecule has 4 N–H and O–H groups in total. The van der Waals surface area contributed by atoms with Crippen LogP contribution in [0.1, 0.15) is 87.5 Å². The third-order valence-electron chi connectivity index (χ3n) is 8.68. The van der Waals surface area contributed by atoms with E-state index in [0.717, 1.165) is 41.5 Å². The van der Waals surface area contributed by atoms with Crippen LogP contribution in [0.5, 0.6) is 0 Å². The molecule has 264 valence electrons. The molecule has 0 fully saturated rings. The van der Waals surface area contributed by atoms with Crippen LogP contribution in [-0.4, -0.2) is 46.5 Å². The molecular formula is C40H34N2O8S2. The van der Waals surface area contributed by atoms with Gasteiger partial charge in [-0.1, -0.05) is 66.7 Å². The average Bonchev–Trinajstić information content (AvgIpc) is 3.51. The molecule has 2 atom stereocenters. The Morgan fingerprint density at radius 2 is 1.58 bits per heavy atom. The molecule has 0 saturated carbocycles. The van der Waals surface area contributed by atoms with E-state index in [-0.39, 0.29) is 23.6 Å². The highest BCUT2D eigenvalue weighted by atomic mass is 32.2. The molecule has 12 heteroatoms. The fourth-order valence-corrected chi connectivity index (χ4v) is 8.62. The topological polar surface area (TPSA) is 159 Å². The molecule has 52 heavy (non-hydrogen) atoms. The van der Waals surface area contributed by atoms with Crippen molar-refractivity contribution in [1.29, 1.82) is 0 Å². The molecule has 2 unspecified atom stereocenters. The van der Waals surface area contributed by atoms with Gasteiger partial charge in [0.05, 0.1) is 28.9 Å². The van der Waals surface area contributed by atoms with Crippen molar-refractivity contribution in [3.05, 3.63) is 147 Å². The summed E-state index contributed by atoms with van der Waals surface area (Å²) in [6.45, 7) is 1.95. The minimum absolute atomic E-state index is 0.199. The SMILES string of the molecule is CCOC(=O)c1c(NC(=O)C(Sc2cccc(NC(=O)c3ccc(C(=O)O)cc3C(=O)O)c2)c2ccccc2)sc2c1CCC(c1ccccc1)C2. The summed E-state index contributed by atoms with van der Waals surface area (Å²) in [6, 6.07) is 29.5. The molecule has 6 rings (SSSR count). The maximum atomic E-state index is 14.2. The van der Waals surface area contributed by atoms with Crippen molar-refractivity contribution in [2.45, 2.75) is 42.2 Å². The third-order valence-corrected chi connectivity index (χ3v) is 11.1. The van der Waals surface area contributed by atoms with E-state index in [1.807, 2.05) is 48.5 Å². The van der Waals surface area contributed by atoms with Gasteiger partial charge in [-0.05, 0) is 85.2 Å². The summed E-state index contributed by atoms with van der Waals surface area (Å²) in [4.78, 5) is 65.6. The molecule has 5 aromatic rings. The first-order valence-corrected chi connectivity index (χ1v) is 18.2. The molecule has 10 nitrogen and oxygen atoms in total. The summed E-state index contributed by atoms with van der Waals surface area (Å²) in [5.74, 6) is -4.02. The minimum Gasteiger partial charge on any atom is -0.478 e. The first kappa shape index (κ1) is 36.1. The number of carbonyl (C=O) groups is 5. The summed E-state index contributed by atoms with van der Waals surface area (Å²) in [6.07, 6.45) is 2.30. The fraction of sp³-hybridized carbons (Fsp3) is 0.175. The summed E-state index contributed by atoms with van der Waals surface area (Å²) < 4.78 is 5.46. The zero-order chi connectivity index (χ0) is 36.8. The Hall–Kier alpha value is -5.72. The van der Waals surface area contributed by atoms with Gasteiger partial charge in [-0.3, -0.25) is 9.59 Å². The maximum Gasteiger partial charge on any atom is 0.341 e. The fourth-order valence-electron chi connectivity index (χ4n) is 6.22. The van der Waals surface area contributed by atoms with E-state index in [9.17, 15) is 34.2 Å². The highest BCUT2D eigenvalue weighted by molar-refractivity contribution is 8.00. The molecule has 1 heterocycles. The van der Waals surface area contributed by atoms with E-state index in [2.05, 4.69) is 22.8 Å². The second-order valence-corrected chi connectivity index (χ2v) is 14.3. The van der Waals surface area contributed by atoms with Crippen LogP contribution in [0, 0.1) is 0 Å². The lowest BCUT2D eigenvalue weighted by atomic mass is 9.83. The van der Waals surface area contributed by atoms with Gasteiger partial charge >= 0.3 is 17.9 Å². The Morgan fingerprint density at radius 3 is 2.27 bits per heavy atom. The number of anilines is 2. The number of rotatable bonds is 12. The molecule has 0 radical (unpaired) electrons. The number of hydrogen-bond donors (Lipinski definition) is 4. The number of amides is 2. The normalized spacial score (nSPS) is 14.1. The number of hydrogen-bond acceptors (Lipinski definition) is 8. The van der Waals surface area contributed by atoms with Crippen molar-refractivity contribution in [3.63, 3.8) is 0 Å². The van der Waals surface area contributed by atoms with Crippen LogP contribution in [0.3, 0.4) is 0 Å². The Labute approximate surface area is 307 Å². The molecule has 0 bridgehead atoms. The van der Waals surface area contributed by atoms with Crippen molar-refractivity contribution in [3.8, 4) is 0 Å². The Morgan fingerprint density at radius 1 is 0.846 bits per heavy atom. The zero-order valence-corrected chi connectivity index (χ0v) is 29.6. The molecule has 1 aliphatic rings. The lowest BCUT2D eigenvalue weighted by Crippen LogP contribution is -2.21. The summed E-state index contributed by atoms with van der Waals surface area (Å²) in [5, 5.41) is 24.3. The van der Waals surface area contributed by atoms with E-state index in [1.165, 1.54) is 28.7 Å². The number of thiophene rings is 1. The highest BCUT2D eigenvalue weighted by Gasteiger charge is 2.32. The summed E-state index contributed by atoms with van der Waals surface area (Å²) in [5.41, 5.74) is 2.70. The molecule has 1 aliphatic carbocycles. The smallest absolute Gasteiger partial charge is 0.341 e. The van der Waals surface area contributed by atoms with E-state index >= 15 is 0 Å². The minimum atomic E-state index is -1.44. The Bertz CT molecular complexity index is 2150. The largest absolute Gasteiger partial charge is 0.478 e. The third kappa shape index (κ3) is 8.09. The van der Waals surface area contributed by atoms with E-state index < -0.39 is 34.6 Å². The van der Waals surface area contributed by atoms with Crippen molar-refractivity contribution in [2.24, 2.45) is 0 Å². The average molecular weight is 735 g/mol. The number of benzene rings is 4. The number of esters is 1. The Kier molecular flexibility index (Phi) is 11.2. The van der Waals surface area contributed by atoms with E-state index in [4.69, 9.17) is 4.74 Å². The number of aromatic carboxylic acids is 2. The standard InChI is InChI=1S/C40H34N2O8S2/c1-2-50-40(49)33-30-19-16-25(23-10-5-3-6-11-23)21-32(30)52-37(33)42-36(44)34(24-12-7-4-8-13-24)51-28-15-9-14-27(22-28)41-35(43)29-18-17-26(38(45)46)20-31(29)39(47)48/h3-15,17-18,20,22,25,34H,2,16,19,21H2,1H3,(H,41,43)(H,42,44)(H,45,46)(H,47,48). The second kappa shape index (κ2) is 16.1. The zero-order valence-electron chi connectivity index (χ0n) is 28.0. The summed E-state index contributed by atoms with van der Waals surface area (Å²) in [7, 11) is 0. The van der Waals surface area contributed by atoms with Gasteiger partial charge in [0.15, 0.2) is 0 Å². The maximum absolute atomic E-state index is 14.2. The van der Waals surface area contributed by atoms with Gasteiger partial charge in [-0.2, -0.15) is 0 Å². The first-order valence-electron chi connectivity index (χ1n) is 16.5. The van der Waals surface area contributed by atoms with Gasteiger partial charge in [0.2, 0.25) is 5.91 Å². The van der Waals surface area contributed by atoms with Crippen molar-refractivity contribution < 1.29 is 38.9 Å². The number of thioether (sulfide) groups is 1. The van der Waals surface area contributed by atoms with Crippen LogP contribution < -0.4 is 10.6 Å². The molecule has 0 spiro atoms. The van der Waals surface area contributed by atoms with Crippen LogP contribution in [-0.2, 0) is 22.4 Å². The van der Waals surface area contributed by atoms with Crippen LogP contribution in [0.25, 0.3) is 0 Å². The van der Waals surface area contributed by atoms with Crippen LogP contribution >= 0.6 is 23.1 Å². The Balaban J connectivity index is 1.26. The molecular weight excluding hydrogens is 701 g/mol. The lowest BCUT2D eigenvalue weighted by Gasteiger charge is -2.23. The van der Waals surface area contributed by atoms with Crippen LogP contribution in [0.2, 0.25) is 0 Å². The second-order valence-electron chi connectivity index (χ2n) is 12.0. The van der Waals surface area contributed by atoms with Crippen LogP contribution in [0.15, 0.2) is 108 Å². The van der Waals surface area contributed by atoms with Gasteiger partial charge in [-0.15, -0.1) is 23.1 Å². The van der Waals surface area contributed by atoms with Crippen molar-refractivity contribution in [1.82, 2.24) is 0 Å². The first-order chi connectivity index (χ1) is 25.1. The van der Waals surface area contributed by atoms with Gasteiger partial charge in [0.25, 0.3) is 5.91 Å². The monoisotopic (exact) mass is 734 g/mol. The van der Waals surface area contributed by atoms with Gasteiger partial charge < -0.3 is 25.6 Å². The highest BCUT2D eigenvalue weighted by Crippen LogP contribution is 2.44. The number of ether oxygens (including phenoxy) is 1. The number of carboxylic acid groups (broad SMARTS) is 2. The predicted octanol–water partition coefficient (Wildman–Crippen LogP) is 8.32. The number of fused-ring (bicyclic) bond motifs is 1. The molecule has 0 aliphatic heterocycles. The van der Waals surface area contributed by atoms with E-state index in [1.54, 1.807) is 31.2 Å². The molecule has 0 saturated heterocycles. The van der Waals surface area contributed by atoms with Crippen LogP contribution in [0.4, 0.5) is 10.7 Å². The quantitative estimate of drug-likeness (QED) is 0.0730. The van der Waals surface area contributed by atoms with Gasteiger partial charge in [0, 0.05) is 15.5 Å². The van der Waals surface area contributed by atoms with Crippen molar-refractivity contribution in [2.75, 3.05) is 17.2 Å². The molecule has 1 aromatic heterocycles. The van der Waals surface area contributed by atoms with E-state index in [0.29, 0.717) is 39.0 Å². The predicted molar refractivity (Wildman–Crippen MR) is 200 cm³/mol. The van der Waals surface area contributed by atoms with Crippen molar-refractivity contribution >= 4 is 63.5 Å². The number of carbonyl (C=O) groups excluding carboxylic acids is 3.